The Balaban J connectivity index is 2.10. The number of hydrazone groups is 1. The summed E-state index contributed by atoms with van der Waals surface area (Å²) in [5.74, 6) is -0.307. The fraction of sp³-hybridized carbons (Fsp3) is 0.143. The third kappa shape index (κ3) is 3.43. The molecule has 0 aliphatic heterocycles. The number of hydrogen-bond acceptors (Lipinski definition) is 3. The van der Waals surface area contributed by atoms with E-state index in [4.69, 9.17) is 11.6 Å². The maximum atomic E-state index is 11.9. The van der Waals surface area contributed by atoms with Gasteiger partial charge in [-0.15, -0.1) is 11.3 Å². The van der Waals surface area contributed by atoms with Gasteiger partial charge in [0.2, 0.25) is 0 Å². The minimum Gasteiger partial charge on any atom is -0.267 e. The van der Waals surface area contributed by atoms with E-state index in [1.807, 2.05) is 26.0 Å². The van der Waals surface area contributed by atoms with E-state index in [0.29, 0.717) is 10.6 Å². The lowest BCUT2D eigenvalue weighted by Gasteiger charge is -2.03. The highest BCUT2D eigenvalue weighted by Gasteiger charge is 2.09. The predicted molar refractivity (Wildman–Crippen MR) is 80.2 cm³/mol. The second kappa shape index (κ2) is 5.99. The summed E-state index contributed by atoms with van der Waals surface area (Å²) in [6.07, 6.45) is 0. The first-order valence-corrected chi connectivity index (χ1v) is 6.93. The molecule has 0 aliphatic carbocycles. The van der Waals surface area contributed by atoms with Crippen LogP contribution < -0.4 is 5.43 Å². The average Bonchev–Trinajstić information content (AvgIpc) is 2.83. The van der Waals surface area contributed by atoms with Crippen molar-refractivity contribution in [3.8, 4) is 0 Å². The Morgan fingerprint density at radius 1 is 1.26 bits per heavy atom. The normalized spacial score (nSPS) is 11.4. The summed E-state index contributed by atoms with van der Waals surface area (Å²) < 4.78 is 0. The third-order valence-electron chi connectivity index (χ3n) is 2.54. The van der Waals surface area contributed by atoms with Crippen molar-refractivity contribution in [2.45, 2.75) is 13.8 Å². The van der Waals surface area contributed by atoms with Gasteiger partial charge >= 0.3 is 0 Å². The second-order valence-electron chi connectivity index (χ2n) is 4.03. The summed E-state index contributed by atoms with van der Waals surface area (Å²) in [6.45, 7) is 3.89. The summed E-state index contributed by atoms with van der Waals surface area (Å²) in [4.78, 5) is 14.2. The molecule has 0 saturated carbocycles. The SMILES string of the molecule is C/C(=N/NC(=O)c1ccccc1Cl)c1ccc(C)s1. The van der Waals surface area contributed by atoms with Gasteiger partial charge in [-0.1, -0.05) is 23.7 Å². The van der Waals surface area contributed by atoms with Crippen LogP contribution >= 0.6 is 22.9 Å². The van der Waals surface area contributed by atoms with E-state index in [-0.39, 0.29) is 5.91 Å². The van der Waals surface area contributed by atoms with Crippen molar-refractivity contribution >= 4 is 34.6 Å². The van der Waals surface area contributed by atoms with Gasteiger partial charge in [0.25, 0.3) is 5.91 Å². The van der Waals surface area contributed by atoms with E-state index in [9.17, 15) is 4.79 Å². The molecule has 1 aromatic heterocycles. The minimum absolute atomic E-state index is 0.307. The van der Waals surface area contributed by atoms with Crippen LogP contribution in [0.25, 0.3) is 0 Å². The smallest absolute Gasteiger partial charge is 0.267 e. The Labute approximate surface area is 120 Å². The maximum Gasteiger partial charge on any atom is 0.272 e. The summed E-state index contributed by atoms with van der Waals surface area (Å²) in [5, 5.41) is 4.51. The fourth-order valence-electron chi connectivity index (χ4n) is 1.52. The van der Waals surface area contributed by atoms with Crippen molar-refractivity contribution in [3.63, 3.8) is 0 Å². The van der Waals surface area contributed by atoms with Crippen LogP contribution in [0.1, 0.15) is 27.0 Å². The second-order valence-corrected chi connectivity index (χ2v) is 5.72. The molecule has 98 valence electrons. The molecule has 0 aliphatic rings. The number of carbonyl (C=O) groups is 1. The van der Waals surface area contributed by atoms with Crippen LogP contribution in [0.5, 0.6) is 0 Å². The van der Waals surface area contributed by atoms with Crippen molar-refractivity contribution in [2.75, 3.05) is 0 Å². The van der Waals surface area contributed by atoms with Gasteiger partial charge in [-0.3, -0.25) is 4.79 Å². The van der Waals surface area contributed by atoms with Crippen LogP contribution in [0.3, 0.4) is 0 Å². The van der Waals surface area contributed by atoms with E-state index in [2.05, 4.69) is 10.5 Å². The zero-order chi connectivity index (χ0) is 13.8. The van der Waals surface area contributed by atoms with Crippen LogP contribution in [0.4, 0.5) is 0 Å². The van der Waals surface area contributed by atoms with Gasteiger partial charge in [0.15, 0.2) is 0 Å². The number of hydrogen-bond donors (Lipinski definition) is 1. The lowest BCUT2D eigenvalue weighted by Crippen LogP contribution is -2.19. The molecule has 2 rings (SSSR count). The van der Waals surface area contributed by atoms with Gasteiger partial charge in [0, 0.05) is 4.88 Å². The van der Waals surface area contributed by atoms with Crippen molar-refractivity contribution in [3.05, 3.63) is 56.7 Å². The topological polar surface area (TPSA) is 41.5 Å². The number of carbonyl (C=O) groups excluding carboxylic acids is 1. The molecule has 0 bridgehead atoms. The first-order chi connectivity index (χ1) is 9.08. The van der Waals surface area contributed by atoms with E-state index >= 15 is 0 Å². The first kappa shape index (κ1) is 13.8. The van der Waals surface area contributed by atoms with Crippen LogP contribution in [-0.4, -0.2) is 11.6 Å². The molecule has 5 heteroatoms. The number of nitrogens with zero attached hydrogens (tertiary/aromatic N) is 1. The Hall–Kier alpha value is -1.65. The molecule has 0 atom stereocenters. The molecule has 3 nitrogen and oxygen atoms in total. The third-order valence-corrected chi connectivity index (χ3v) is 3.98. The molecule has 2 aromatic rings. The summed E-state index contributed by atoms with van der Waals surface area (Å²) in [7, 11) is 0. The molecular weight excluding hydrogens is 280 g/mol. The van der Waals surface area contributed by atoms with Crippen molar-refractivity contribution in [1.29, 1.82) is 0 Å². The van der Waals surface area contributed by atoms with Gasteiger partial charge in [0.05, 0.1) is 21.2 Å². The van der Waals surface area contributed by atoms with Gasteiger partial charge in [-0.25, -0.2) is 5.43 Å². The minimum atomic E-state index is -0.307. The highest BCUT2D eigenvalue weighted by Crippen LogP contribution is 2.16. The molecule has 0 saturated heterocycles. The molecule has 0 fully saturated rings. The largest absolute Gasteiger partial charge is 0.272 e. The van der Waals surface area contributed by atoms with Crippen molar-refractivity contribution < 1.29 is 4.79 Å². The highest BCUT2D eigenvalue weighted by molar-refractivity contribution is 7.14. The maximum absolute atomic E-state index is 11.9. The lowest BCUT2D eigenvalue weighted by atomic mass is 10.2. The number of thiophene rings is 1. The number of amides is 1. The molecule has 19 heavy (non-hydrogen) atoms. The van der Waals surface area contributed by atoms with E-state index in [1.54, 1.807) is 35.6 Å². The Kier molecular flexibility index (Phi) is 4.35. The van der Waals surface area contributed by atoms with Crippen LogP contribution in [0.2, 0.25) is 5.02 Å². The van der Waals surface area contributed by atoms with E-state index in [0.717, 1.165) is 10.6 Å². The van der Waals surface area contributed by atoms with Crippen LogP contribution in [0, 0.1) is 6.92 Å². The molecular formula is C14H13ClN2OS. The summed E-state index contributed by atoms with van der Waals surface area (Å²) in [5.41, 5.74) is 3.71. The Morgan fingerprint density at radius 2 is 2.00 bits per heavy atom. The zero-order valence-corrected chi connectivity index (χ0v) is 12.2. The number of benzene rings is 1. The van der Waals surface area contributed by atoms with E-state index < -0.39 is 0 Å². The standard InChI is InChI=1S/C14H13ClN2OS/c1-9-7-8-13(19-9)10(2)16-17-14(18)11-5-3-4-6-12(11)15/h3-8H,1-2H3,(H,17,18)/b16-10-. The first-order valence-electron chi connectivity index (χ1n) is 5.74. The molecule has 1 amide bonds. The fourth-order valence-corrected chi connectivity index (χ4v) is 2.56. The monoisotopic (exact) mass is 292 g/mol. The molecule has 0 spiro atoms. The number of nitrogens with one attached hydrogen (secondary N) is 1. The summed E-state index contributed by atoms with van der Waals surface area (Å²) in [6, 6.07) is 10.9. The highest BCUT2D eigenvalue weighted by atomic mass is 35.5. The molecule has 0 unspecified atom stereocenters. The van der Waals surface area contributed by atoms with E-state index in [1.165, 1.54) is 4.88 Å². The van der Waals surface area contributed by atoms with Gasteiger partial charge < -0.3 is 0 Å². The van der Waals surface area contributed by atoms with Crippen LogP contribution in [-0.2, 0) is 0 Å². The molecule has 1 N–H and O–H groups in total. The van der Waals surface area contributed by atoms with Crippen LogP contribution in [0.15, 0.2) is 41.5 Å². The lowest BCUT2D eigenvalue weighted by molar-refractivity contribution is 0.0955. The molecule has 0 radical (unpaired) electrons. The zero-order valence-electron chi connectivity index (χ0n) is 10.6. The quantitative estimate of drug-likeness (QED) is 0.677. The Bertz CT molecular complexity index is 634. The molecule has 1 heterocycles. The number of rotatable bonds is 3. The Morgan fingerprint density at radius 3 is 2.63 bits per heavy atom. The average molecular weight is 293 g/mol. The molecule has 1 aromatic carbocycles. The number of aryl methyl sites for hydroxylation is 1. The van der Waals surface area contributed by atoms with Gasteiger partial charge in [-0.2, -0.15) is 5.10 Å². The van der Waals surface area contributed by atoms with Crippen molar-refractivity contribution in [2.24, 2.45) is 5.10 Å². The van der Waals surface area contributed by atoms with Gasteiger partial charge in [0.1, 0.15) is 0 Å². The van der Waals surface area contributed by atoms with Crippen molar-refractivity contribution in [1.82, 2.24) is 5.43 Å². The van der Waals surface area contributed by atoms with Gasteiger partial charge in [-0.05, 0) is 38.1 Å². The predicted octanol–water partition coefficient (Wildman–Crippen LogP) is 3.86. The number of halogens is 1. The summed E-state index contributed by atoms with van der Waals surface area (Å²) >= 11 is 7.59.